The number of nitro benzene ring substituents is 1. The molecule has 0 aliphatic carbocycles. The van der Waals surface area contributed by atoms with Crippen LogP contribution in [0.3, 0.4) is 0 Å². The topological polar surface area (TPSA) is 148 Å². The van der Waals surface area contributed by atoms with Crippen molar-refractivity contribution in [3.63, 3.8) is 0 Å². The third-order valence-corrected chi connectivity index (χ3v) is 4.40. The highest BCUT2D eigenvalue weighted by Gasteiger charge is 2.15. The summed E-state index contributed by atoms with van der Waals surface area (Å²) in [6, 6.07) is 9.75. The maximum absolute atomic E-state index is 10.9. The molecule has 2 aromatic heterocycles. The highest BCUT2D eigenvalue weighted by Crippen LogP contribution is 2.33. The van der Waals surface area contributed by atoms with Gasteiger partial charge in [-0.25, -0.2) is 0 Å². The number of furan rings is 1. The van der Waals surface area contributed by atoms with Gasteiger partial charge in [0.15, 0.2) is 5.82 Å². The molecule has 0 aliphatic heterocycles. The number of nitrogen functional groups attached to an aromatic ring is 1. The van der Waals surface area contributed by atoms with Crippen LogP contribution in [0.1, 0.15) is 11.6 Å². The summed E-state index contributed by atoms with van der Waals surface area (Å²) >= 11 is 3.31. The normalized spacial score (nSPS) is 11.2. The Kier molecular flexibility index (Phi) is 5.56. The summed E-state index contributed by atoms with van der Waals surface area (Å²) in [5, 5.41) is 20.4. The summed E-state index contributed by atoms with van der Waals surface area (Å²) in [4.78, 5) is 24.3. The number of non-ortho nitro benzene ring substituents is 1. The Labute approximate surface area is 173 Å². The van der Waals surface area contributed by atoms with Crippen LogP contribution in [0.2, 0.25) is 0 Å². The van der Waals surface area contributed by atoms with Crippen molar-refractivity contribution in [2.24, 2.45) is 0 Å². The van der Waals surface area contributed by atoms with Crippen molar-refractivity contribution >= 4 is 45.2 Å². The van der Waals surface area contributed by atoms with Gasteiger partial charge in [-0.1, -0.05) is 0 Å². The lowest BCUT2D eigenvalue weighted by molar-refractivity contribution is -0.384. The predicted octanol–water partition coefficient (Wildman–Crippen LogP) is 3.51. The number of nitro groups is 1. The zero-order valence-corrected chi connectivity index (χ0v) is 16.9. The van der Waals surface area contributed by atoms with Gasteiger partial charge in [0, 0.05) is 42.3 Å². The van der Waals surface area contributed by atoms with Gasteiger partial charge in [-0.15, -0.1) is 0 Å². The largest absolute Gasteiger partial charge is 0.457 e. The molecular weight excluding hydrogens is 442 g/mol. The number of halogens is 1. The van der Waals surface area contributed by atoms with Gasteiger partial charge in [0.25, 0.3) is 5.69 Å². The van der Waals surface area contributed by atoms with Gasteiger partial charge < -0.3 is 15.1 Å². The third-order valence-electron chi connectivity index (χ3n) is 3.74. The van der Waals surface area contributed by atoms with E-state index >= 15 is 0 Å². The fourth-order valence-electron chi connectivity index (χ4n) is 2.38. The van der Waals surface area contributed by atoms with Crippen LogP contribution in [-0.4, -0.2) is 34.0 Å². The molecule has 0 atom stereocenters. The van der Waals surface area contributed by atoms with E-state index in [0.29, 0.717) is 27.5 Å². The summed E-state index contributed by atoms with van der Waals surface area (Å²) in [5.41, 5.74) is 6.45. The molecule has 2 heterocycles. The molecule has 0 amide bonds. The van der Waals surface area contributed by atoms with E-state index in [1.54, 1.807) is 37.2 Å². The van der Waals surface area contributed by atoms with Crippen LogP contribution >= 0.6 is 15.9 Å². The smallest absolute Gasteiger partial charge is 0.270 e. The van der Waals surface area contributed by atoms with Crippen molar-refractivity contribution in [2.75, 3.05) is 24.7 Å². The minimum Gasteiger partial charge on any atom is -0.457 e. The Bertz CT molecular complexity index is 1160. The molecule has 11 heteroatoms. The van der Waals surface area contributed by atoms with Crippen molar-refractivity contribution in [1.82, 2.24) is 15.0 Å². The minimum absolute atomic E-state index is 0.00482. The van der Waals surface area contributed by atoms with Crippen molar-refractivity contribution in [1.29, 1.82) is 5.26 Å². The highest BCUT2D eigenvalue weighted by atomic mass is 79.9. The lowest BCUT2D eigenvalue weighted by Crippen LogP contribution is -2.15. The first kappa shape index (κ1) is 20.0. The van der Waals surface area contributed by atoms with Crippen LogP contribution in [0.25, 0.3) is 23.0 Å². The van der Waals surface area contributed by atoms with Gasteiger partial charge in [-0.3, -0.25) is 10.1 Å². The minimum atomic E-state index is -0.480. The van der Waals surface area contributed by atoms with Crippen LogP contribution in [0.4, 0.5) is 17.6 Å². The standard InChI is InChI=1S/C18H14BrN7O3/c1-25(2)18-23-16(22-17(21)24-18)10(9-20)7-12-4-6-15(29-12)13-5-3-11(26(27)28)8-14(13)19/h3-8H,1-2H3,(H2,21,22,23,24)/b10-7+. The van der Waals surface area contributed by atoms with E-state index in [9.17, 15) is 15.4 Å². The fourth-order valence-corrected chi connectivity index (χ4v) is 2.94. The molecule has 0 unspecified atom stereocenters. The number of hydrogen-bond acceptors (Lipinski definition) is 9. The first-order valence-corrected chi connectivity index (χ1v) is 8.93. The van der Waals surface area contributed by atoms with E-state index in [1.165, 1.54) is 18.2 Å². The number of rotatable bonds is 5. The molecule has 0 spiro atoms. The Morgan fingerprint density at radius 3 is 2.69 bits per heavy atom. The first-order valence-electron chi connectivity index (χ1n) is 8.13. The number of nitrogens with two attached hydrogens (primary N) is 1. The molecule has 3 rings (SSSR count). The van der Waals surface area contributed by atoms with Crippen LogP contribution in [0.15, 0.2) is 39.2 Å². The van der Waals surface area contributed by atoms with Crippen LogP contribution < -0.4 is 10.6 Å². The van der Waals surface area contributed by atoms with E-state index in [0.717, 1.165) is 0 Å². The number of allylic oxidation sites excluding steroid dienone is 1. The Morgan fingerprint density at radius 1 is 1.31 bits per heavy atom. The average molecular weight is 456 g/mol. The van der Waals surface area contributed by atoms with E-state index < -0.39 is 4.92 Å². The second-order valence-electron chi connectivity index (χ2n) is 6.00. The molecular formula is C18H14BrN7O3. The van der Waals surface area contributed by atoms with Gasteiger partial charge in [0.05, 0.1) is 4.92 Å². The predicted molar refractivity (Wildman–Crippen MR) is 111 cm³/mol. The average Bonchev–Trinajstić information content (AvgIpc) is 3.13. The molecule has 10 nitrogen and oxygen atoms in total. The molecule has 0 aliphatic rings. The molecule has 146 valence electrons. The van der Waals surface area contributed by atoms with E-state index in [1.807, 2.05) is 6.07 Å². The van der Waals surface area contributed by atoms with Gasteiger partial charge in [-0.05, 0) is 34.1 Å². The molecule has 0 saturated carbocycles. The highest BCUT2D eigenvalue weighted by molar-refractivity contribution is 9.10. The fraction of sp³-hybridized carbons (Fsp3) is 0.111. The summed E-state index contributed by atoms with van der Waals surface area (Å²) in [6.45, 7) is 0. The molecule has 29 heavy (non-hydrogen) atoms. The van der Waals surface area contributed by atoms with Crippen molar-refractivity contribution in [2.45, 2.75) is 0 Å². The number of nitrogens with zero attached hydrogens (tertiary/aromatic N) is 6. The van der Waals surface area contributed by atoms with E-state index in [-0.39, 0.29) is 23.0 Å². The summed E-state index contributed by atoms with van der Waals surface area (Å²) in [7, 11) is 3.49. The Hall–Kier alpha value is -3.78. The number of nitriles is 1. The molecule has 2 N–H and O–H groups in total. The lowest BCUT2D eigenvalue weighted by atomic mass is 10.1. The molecule has 0 fully saturated rings. The lowest BCUT2D eigenvalue weighted by Gasteiger charge is -2.10. The Balaban J connectivity index is 1.97. The summed E-state index contributed by atoms with van der Waals surface area (Å²) < 4.78 is 6.28. The second-order valence-corrected chi connectivity index (χ2v) is 6.86. The number of benzene rings is 1. The molecule has 1 aromatic carbocycles. The third kappa shape index (κ3) is 4.39. The molecule has 0 bridgehead atoms. The molecule has 0 saturated heterocycles. The molecule has 0 radical (unpaired) electrons. The first-order chi connectivity index (χ1) is 13.8. The number of hydrogen-bond donors (Lipinski definition) is 1. The van der Waals surface area contributed by atoms with Crippen LogP contribution in [0.5, 0.6) is 0 Å². The molecule has 3 aromatic rings. The van der Waals surface area contributed by atoms with Crippen molar-refractivity contribution in [3.8, 4) is 17.4 Å². The monoisotopic (exact) mass is 455 g/mol. The quantitative estimate of drug-likeness (QED) is 0.346. The van der Waals surface area contributed by atoms with Crippen LogP contribution in [-0.2, 0) is 0 Å². The zero-order chi connectivity index (χ0) is 21.1. The van der Waals surface area contributed by atoms with Crippen molar-refractivity contribution in [3.05, 3.63) is 56.5 Å². The van der Waals surface area contributed by atoms with Gasteiger partial charge in [0.2, 0.25) is 11.9 Å². The van der Waals surface area contributed by atoms with Crippen LogP contribution in [0, 0.1) is 21.4 Å². The number of anilines is 2. The van der Waals surface area contributed by atoms with E-state index in [2.05, 4.69) is 30.9 Å². The zero-order valence-electron chi connectivity index (χ0n) is 15.3. The van der Waals surface area contributed by atoms with Gasteiger partial charge in [-0.2, -0.15) is 20.2 Å². The van der Waals surface area contributed by atoms with E-state index in [4.69, 9.17) is 10.2 Å². The second kappa shape index (κ2) is 8.07. The number of aromatic nitrogens is 3. The van der Waals surface area contributed by atoms with Gasteiger partial charge >= 0.3 is 0 Å². The maximum atomic E-state index is 10.9. The Morgan fingerprint density at radius 2 is 2.07 bits per heavy atom. The SMILES string of the molecule is CN(C)c1nc(N)nc(/C(C#N)=C/c2ccc(-c3ccc([N+](=O)[O-])cc3Br)o2)n1. The summed E-state index contributed by atoms with van der Waals surface area (Å²) in [5.74, 6) is 1.29. The van der Waals surface area contributed by atoms with Gasteiger partial charge in [0.1, 0.15) is 23.2 Å². The maximum Gasteiger partial charge on any atom is 0.270 e. The summed E-state index contributed by atoms with van der Waals surface area (Å²) in [6.07, 6.45) is 1.48. The van der Waals surface area contributed by atoms with Crippen molar-refractivity contribution < 1.29 is 9.34 Å².